The van der Waals surface area contributed by atoms with Crippen molar-refractivity contribution in [3.63, 3.8) is 0 Å². The molecule has 3 heteroatoms. The van der Waals surface area contributed by atoms with Gasteiger partial charge in [0.15, 0.2) is 0 Å². The Kier molecular flexibility index (Phi) is 4.31. The van der Waals surface area contributed by atoms with Crippen LogP contribution in [0, 0.1) is 5.92 Å². The van der Waals surface area contributed by atoms with Crippen LogP contribution in [0.3, 0.4) is 0 Å². The number of hydrogen-bond donors (Lipinski definition) is 0. The summed E-state index contributed by atoms with van der Waals surface area (Å²) in [5.41, 5.74) is 2.71. The Labute approximate surface area is 114 Å². The molecule has 0 N–H and O–H groups in total. The Morgan fingerprint density at radius 1 is 1.44 bits per heavy atom. The lowest BCUT2D eigenvalue weighted by Crippen LogP contribution is -2.00. The smallest absolute Gasteiger partial charge is 0.125 e. The van der Waals surface area contributed by atoms with Crippen LogP contribution in [0.25, 0.3) is 0 Å². The molecule has 16 heavy (non-hydrogen) atoms. The minimum atomic E-state index is 0.719. The van der Waals surface area contributed by atoms with Gasteiger partial charge in [-0.1, -0.05) is 38.8 Å². The molecule has 1 aliphatic heterocycles. The quantitative estimate of drug-likeness (QED) is 0.736. The van der Waals surface area contributed by atoms with E-state index in [0.29, 0.717) is 0 Å². The number of fused-ring (bicyclic) bond motifs is 1. The van der Waals surface area contributed by atoms with Gasteiger partial charge in [0.2, 0.25) is 0 Å². The zero-order valence-electron chi connectivity index (χ0n) is 9.43. The van der Waals surface area contributed by atoms with E-state index in [1.165, 1.54) is 22.0 Å². The number of aryl methyl sites for hydroxylation is 1. The lowest BCUT2D eigenvalue weighted by Gasteiger charge is -2.11. The van der Waals surface area contributed by atoms with Gasteiger partial charge in [-0.15, -0.1) is 0 Å². The van der Waals surface area contributed by atoms with Gasteiger partial charge >= 0.3 is 0 Å². The van der Waals surface area contributed by atoms with Crippen molar-refractivity contribution in [2.45, 2.75) is 26.2 Å². The number of benzene rings is 1. The molecule has 1 atom stereocenters. The first-order valence-electron chi connectivity index (χ1n) is 5.70. The molecule has 1 heterocycles. The maximum absolute atomic E-state index is 5.72. The van der Waals surface area contributed by atoms with Crippen molar-refractivity contribution in [3.05, 3.63) is 27.7 Å². The van der Waals surface area contributed by atoms with Crippen LogP contribution < -0.4 is 4.74 Å². The van der Waals surface area contributed by atoms with E-state index in [9.17, 15) is 0 Å². The molecule has 88 valence electrons. The summed E-state index contributed by atoms with van der Waals surface area (Å²) in [7, 11) is 0. The van der Waals surface area contributed by atoms with Crippen molar-refractivity contribution in [1.29, 1.82) is 0 Å². The molecule has 0 fully saturated rings. The Bertz CT molecular complexity index is 376. The summed E-state index contributed by atoms with van der Waals surface area (Å²) < 4.78 is 6.90. The maximum Gasteiger partial charge on any atom is 0.125 e. The molecule has 0 saturated carbocycles. The SMILES string of the molecule is CC(CBr)CCc1cc(Br)cc2c1OCC2. The monoisotopic (exact) mass is 346 g/mol. The standard InChI is InChI=1S/C13H16Br2O/c1-9(8-14)2-3-10-6-12(15)7-11-4-5-16-13(10)11/h6-7,9H,2-5,8H2,1H3. The fraction of sp³-hybridized carbons (Fsp3) is 0.538. The van der Waals surface area contributed by atoms with Crippen LogP contribution in [-0.4, -0.2) is 11.9 Å². The highest BCUT2D eigenvalue weighted by Gasteiger charge is 2.17. The predicted molar refractivity (Wildman–Crippen MR) is 74.6 cm³/mol. The summed E-state index contributed by atoms with van der Waals surface area (Å²) in [4.78, 5) is 0. The second-order valence-electron chi connectivity index (χ2n) is 4.45. The van der Waals surface area contributed by atoms with Crippen LogP contribution in [0.4, 0.5) is 0 Å². The van der Waals surface area contributed by atoms with Crippen LogP contribution >= 0.6 is 31.9 Å². The molecule has 1 unspecified atom stereocenters. The Balaban J connectivity index is 2.14. The van der Waals surface area contributed by atoms with Crippen LogP contribution in [-0.2, 0) is 12.8 Å². The number of rotatable bonds is 4. The van der Waals surface area contributed by atoms with Gasteiger partial charge in [0.1, 0.15) is 5.75 Å². The molecule has 0 spiro atoms. The fourth-order valence-corrected chi connectivity index (χ4v) is 2.89. The molecule has 0 saturated heterocycles. The first-order chi connectivity index (χ1) is 7.70. The lowest BCUT2D eigenvalue weighted by molar-refractivity contribution is 0.352. The van der Waals surface area contributed by atoms with Gasteiger partial charge in [-0.25, -0.2) is 0 Å². The molecule has 0 aromatic heterocycles. The summed E-state index contributed by atoms with van der Waals surface area (Å²) in [6, 6.07) is 4.38. The van der Waals surface area contributed by atoms with Crippen molar-refractivity contribution in [1.82, 2.24) is 0 Å². The minimum Gasteiger partial charge on any atom is -0.493 e. The molecule has 0 amide bonds. The van der Waals surface area contributed by atoms with E-state index in [1.807, 2.05) is 0 Å². The second kappa shape index (κ2) is 5.54. The van der Waals surface area contributed by atoms with E-state index in [0.717, 1.165) is 36.4 Å². The zero-order chi connectivity index (χ0) is 11.5. The summed E-state index contributed by atoms with van der Waals surface area (Å²) in [5, 5.41) is 1.07. The van der Waals surface area contributed by atoms with Crippen molar-refractivity contribution in [2.24, 2.45) is 5.92 Å². The van der Waals surface area contributed by atoms with Crippen molar-refractivity contribution >= 4 is 31.9 Å². The van der Waals surface area contributed by atoms with E-state index < -0.39 is 0 Å². The van der Waals surface area contributed by atoms with Gasteiger partial charge < -0.3 is 4.74 Å². The summed E-state index contributed by atoms with van der Waals surface area (Å²) in [6.45, 7) is 3.11. The first kappa shape index (κ1) is 12.4. The van der Waals surface area contributed by atoms with E-state index in [4.69, 9.17) is 4.74 Å². The van der Waals surface area contributed by atoms with Crippen LogP contribution in [0.1, 0.15) is 24.5 Å². The van der Waals surface area contributed by atoms with Gasteiger partial charge in [0.05, 0.1) is 6.61 Å². The second-order valence-corrected chi connectivity index (χ2v) is 6.01. The fourth-order valence-electron chi connectivity index (χ4n) is 2.01. The number of alkyl halides is 1. The molecule has 0 aliphatic carbocycles. The minimum absolute atomic E-state index is 0.719. The Hall–Kier alpha value is -0.0200. The van der Waals surface area contributed by atoms with Gasteiger partial charge in [-0.2, -0.15) is 0 Å². The molecular weight excluding hydrogens is 332 g/mol. The largest absolute Gasteiger partial charge is 0.493 e. The van der Waals surface area contributed by atoms with Crippen molar-refractivity contribution in [3.8, 4) is 5.75 Å². The van der Waals surface area contributed by atoms with Gasteiger partial charge in [0, 0.05) is 16.2 Å². The molecule has 0 radical (unpaired) electrons. The third-order valence-corrected chi connectivity index (χ3v) is 4.56. The van der Waals surface area contributed by atoms with Crippen LogP contribution in [0.5, 0.6) is 5.75 Å². The maximum atomic E-state index is 5.72. The Morgan fingerprint density at radius 2 is 2.25 bits per heavy atom. The molecule has 1 nitrogen and oxygen atoms in total. The summed E-state index contributed by atoms with van der Waals surface area (Å²) in [6.07, 6.45) is 3.36. The highest BCUT2D eigenvalue weighted by atomic mass is 79.9. The topological polar surface area (TPSA) is 9.23 Å². The first-order valence-corrected chi connectivity index (χ1v) is 7.62. The molecule has 1 aromatic carbocycles. The third-order valence-electron chi connectivity index (χ3n) is 3.00. The number of ether oxygens (including phenoxy) is 1. The lowest BCUT2D eigenvalue weighted by atomic mass is 10.00. The van der Waals surface area contributed by atoms with Crippen molar-refractivity contribution in [2.75, 3.05) is 11.9 Å². The van der Waals surface area contributed by atoms with E-state index >= 15 is 0 Å². The molecule has 0 bridgehead atoms. The molecule has 1 aromatic rings. The average Bonchev–Trinajstić information content (AvgIpc) is 2.73. The molecule has 2 rings (SSSR count). The normalized spacial score (nSPS) is 15.7. The van der Waals surface area contributed by atoms with Crippen molar-refractivity contribution < 1.29 is 4.74 Å². The van der Waals surface area contributed by atoms with E-state index in [1.54, 1.807) is 0 Å². The average molecular weight is 348 g/mol. The number of halogens is 2. The molecular formula is C13H16Br2O. The van der Waals surface area contributed by atoms with Gasteiger partial charge in [0.25, 0.3) is 0 Å². The van der Waals surface area contributed by atoms with E-state index in [2.05, 4.69) is 50.9 Å². The highest BCUT2D eigenvalue weighted by molar-refractivity contribution is 9.10. The van der Waals surface area contributed by atoms with E-state index in [-0.39, 0.29) is 0 Å². The third kappa shape index (κ3) is 2.80. The van der Waals surface area contributed by atoms with Crippen LogP contribution in [0.2, 0.25) is 0 Å². The summed E-state index contributed by atoms with van der Waals surface area (Å²) >= 11 is 7.10. The van der Waals surface area contributed by atoms with Gasteiger partial charge in [-0.3, -0.25) is 0 Å². The Morgan fingerprint density at radius 3 is 3.00 bits per heavy atom. The predicted octanol–water partition coefficient (Wildman–Crippen LogP) is 4.35. The molecule has 1 aliphatic rings. The van der Waals surface area contributed by atoms with Gasteiger partial charge in [-0.05, 0) is 42.0 Å². The number of hydrogen-bond acceptors (Lipinski definition) is 1. The highest BCUT2D eigenvalue weighted by Crippen LogP contribution is 2.34. The van der Waals surface area contributed by atoms with Crippen LogP contribution in [0.15, 0.2) is 16.6 Å². The zero-order valence-corrected chi connectivity index (χ0v) is 12.6. The summed E-state index contributed by atoms with van der Waals surface area (Å²) in [5.74, 6) is 1.86.